The van der Waals surface area contributed by atoms with Gasteiger partial charge in [0.05, 0.1) is 12.8 Å². The van der Waals surface area contributed by atoms with Gasteiger partial charge in [-0.25, -0.2) is 4.98 Å². The van der Waals surface area contributed by atoms with Crippen LogP contribution < -0.4 is 10.1 Å². The maximum Gasteiger partial charge on any atom is 0.306 e. The van der Waals surface area contributed by atoms with E-state index in [1.54, 1.807) is 7.11 Å². The number of rotatable bonds is 8. The molecule has 8 heteroatoms. The standard InChI is InChI=1S/C23H21N3O4S/c1-29-17-9-6-15(7-10-17)20-14-31-23(25-20)26-21(27)13-30-22(28)11-8-16-12-24-19-5-3-2-4-18(16)19/h2-7,9-10,12,14,24H,8,11,13H2,1H3,(H,25,26,27). The molecule has 4 aromatic rings. The molecule has 0 unspecified atom stereocenters. The van der Waals surface area contributed by atoms with Crippen molar-refractivity contribution in [1.82, 2.24) is 9.97 Å². The molecule has 0 aliphatic heterocycles. The number of ether oxygens (including phenoxy) is 2. The van der Waals surface area contributed by atoms with Crippen LogP contribution in [0.4, 0.5) is 5.13 Å². The van der Waals surface area contributed by atoms with Crippen LogP contribution >= 0.6 is 11.3 Å². The van der Waals surface area contributed by atoms with Crippen molar-refractivity contribution in [1.29, 1.82) is 0 Å². The number of aromatic nitrogens is 2. The minimum atomic E-state index is -0.420. The third-order valence-corrected chi connectivity index (χ3v) is 5.53. The first-order chi connectivity index (χ1) is 15.1. The number of aromatic amines is 1. The Hall–Kier alpha value is -3.65. The van der Waals surface area contributed by atoms with E-state index < -0.39 is 11.9 Å². The lowest BCUT2D eigenvalue weighted by molar-refractivity contribution is -0.147. The Morgan fingerprint density at radius 3 is 2.74 bits per heavy atom. The number of esters is 1. The van der Waals surface area contributed by atoms with Crippen molar-refractivity contribution >= 4 is 39.2 Å². The minimum absolute atomic E-state index is 0.202. The van der Waals surface area contributed by atoms with Crippen molar-refractivity contribution in [2.24, 2.45) is 0 Å². The average molecular weight is 436 g/mol. The Kier molecular flexibility index (Phi) is 6.28. The van der Waals surface area contributed by atoms with Gasteiger partial charge in [0.15, 0.2) is 11.7 Å². The van der Waals surface area contributed by atoms with Crippen molar-refractivity contribution in [3.05, 3.63) is 65.7 Å². The first-order valence-electron chi connectivity index (χ1n) is 9.73. The van der Waals surface area contributed by atoms with Crippen molar-refractivity contribution < 1.29 is 19.1 Å². The summed E-state index contributed by atoms with van der Waals surface area (Å²) in [5.41, 5.74) is 3.74. The third kappa shape index (κ3) is 5.10. The fourth-order valence-corrected chi connectivity index (χ4v) is 3.91. The fourth-order valence-electron chi connectivity index (χ4n) is 3.17. The summed E-state index contributed by atoms with van der Waals surface area (Å²) in [5.74, 6) is -0.0754. The highest BCUT2D eigenvalue weighted by molar-refractivity contribution is 7.14. The number of para-hydroxylation sites is 1. The molecule has 0 aliphatic rings. The molecule has 31 heavy (non-hydrogen) atoms. The van der Waals surface area contributed by atoms with Gasteiger partial charge in [0.2, 0.25) is 0 Å². The molecular formula is C23H21N3O4S. The number of benzene rings is 2. The fraction of sp³-hybridized carbons (Fsp3) is 0.174. The topological polar surface area (TPSA) is 93.3 Å². The zero-order valence-corrected chi connectivity index (χ0v) is 17.7. The van der Waals surface area contributed by atoms with Gasteiger partial charge in [-0.05, 0) is 42.3 Å². The number of thiazole rings is 1. The molecule has 0 aliphatic carbocycles. The first kappa shape index (κ1) is 20.6. The SMILES string of the molecule is COc1ccc(-c2csc(NC(=O)COC(=O)CCc3c[nH]c4ccccc34)n2)cc1. The number of methoxy groups -OCH3 is 1. The summed E-state index contributed by atoms with van der Waals surface area (Å²) in [4.78, 5) is 31.7. The van der Waals surface area contributed by atoms with Crippen LogP contribution in [0.5, 0.6) is 5.75 Å². The van der Waals surface area contributed by atoms with Crippen LogP contribution in [-0.2, 0) is 20.7 Å². The van der Waals surface area contributed by atoms with E-state index in [0.29, 0.717) is 11.6 Å². The van der Waals surface area contributed by atoms with E-state index in [0.717, 1.165) is 33.5 Å². The van der Waals surface area contributed by atoms with Gasteiger partial charge in [-0.1, -0.05) is 18.2 Å². The van der Waals surface area contributed by atoms with Crippen molar-refractivity contribution in [3.63, 3.8) is 0 Å². The predicted molar refractivity (Wildman–Crippen MR) is 120 cm³/mol. The number of fused-ring (bicyclic) bond motifs is 1. The van der Waals surface area contributed by atoms with Crippen LogP contribution in [0.1, 0.15) is 12.0 Å². The van der Waals surface area contributed by atoms with E-state index in [9.17, 15) is 9.59 Å². The van der Waals surface area contributed by atoms with Crippen LogP contribution in [0.3, 0.4) is 0 Å². The predicted octanol–water partition coefficient (Wildman–Crippen LogP) is 4.41. The van der Waals surface area contributed by atoms with Gasteiger partial charge < -0.3 is 14.5 Å². The molecule has 158 valence electrons. The summed E-state index contributed by atoms with van der Waals surface area (Å²) < 4.78 is 10.3. The summed E-state index contributed by atoms with van der Waals surface area (Å²) in [6.45, 7) is -0.343. The van der Waals surface area contributed by atoms with E-state index in [-0.39, 0.29) is 13.0 Å². The molecule has 0 fully saturated rings. The molecule has 2 heterocycles. The zero-order valence-electron chi connectivity index (χ0n) is 16.9. The molecule has 2 aromatic carbocycles. The van der Waals surface area contributed by atoms with Crippen LogP contribution in [0.25, 0.3) is 22.2 Å². The van der Waals surface area contributed by atoms with Crippen LogP contribution in [-0.4, -0.2) is 35.6 Å². The lowest BCUT2D eigenvalue weighted by Gasteiger charge is -2.05. The van der Waals surface area contributed by atoms with Gasteiger partial charge in [0.25, 0.3) is 5.91 Å². The molecule has 0 saturated carbocycles. The second-order valence-corrected chi connectivity index (χ2v) is 7.69. The first-order valence-corrected chi connectivity index (χ1v) is 10.6. The monoisotopic (exact) mass is 435 g/mol. The smallest absolute Gasteiger partial charge is 0.306 e. The van der Waals surface area contributed by atoms with Crippen LogP contribution in [0.15, 0.2) is 60.1 Å². The number of anilines is 1. The van der Waals surface area contributed by atoms with E-state index in [4.69, 9.17) is 9.47 Å². The van der Waals surface area contributed by atoms with E-state index in [1.807, 2.05) is 60.1 Å². The van der Waals surface area contributed by atoms with Gasteiger partial charge in [-0.3, -0.25) is 14.9 Å². The summed E-state index contributed by atoms with van der Waals surface area (Å²) in [7, 11) is 1.61. The summed E-state index contributed by atoms with van der Waals surface area (Å²) in [5, 5.41) is 6.05. The summed E-state index contributed by atoms with van der Waals surface area (Å²) in [6.07, 6.45) is 2.64. The number of carbonyl (C=O) groups is 2. The number of hydrogen-bond acceptors (Lipinski definition) is 6. The zero-order chi connectivity index (χ0) is 21.6. The lowest BCUT2D eigenvalue weighted by Crippen LogP contribution is -2.21. The lowest BCUT2D eigenvalue weighted by atomic mass is 10.1. The second-order valence-electron chi connectivity index (χ2n) is 6.83. The molecule has 0 saturated heterocycles. The molecule has 0 spiro atoms. The van der Waals surface area contributed by atoms with Crippen molar-refractivity contribution in [2.75, 3.05) is 19.0 Å². The molecule has 2 N–H and O–H groups in total. The number of H-pyrrole nitrogens is 1. The number of carbonyl (C=O) groups excluding carboxylic acids is 2. The quantitative estimate of drug-likeness (QED) is 0.400. The van der Waals surface area contributed by atoms with Crippen LogP contribution in [0.2, 0.25) is 0 Å². The van der Waals surface area contributed by atoms with E-state index in [1.165, 1.54) is 11.3 Å². The molecule has 2 aromatic heterocycles. The molecule has 0 radical (unpaired) electrons. The Balaban J connectivity index is 1.24. The molecular weight excluding hydrogens is 414 g/mol. The number of amides is 1. The second kappa shape index (κ2) is 9.44. The van der Waals surface area contributed by atoms with Gasteiger partial charge in [0, 0.05) is 34.5 Å². The normalized spacial score (nSPS) is 10.7. The third-order valence-electron chi connectivity index (χ3n) is 4.77. The maximum atomic E-state index is 12.1. The highest BCUT2D eigenvalue weighted by Gasteiger charge is 2.12. The maximum absolute atomic E-state index is 12.1. The van der Waals surface area contributed by atoms with Gasteiger partial charge in [-0.2, -0.15) is 0 Å². The average Bonchev–Trinajstić information content (AvgIpc) is 3.43. The summed E-state index contributed by atoms with van der Waals surface area (Å²) >= 11 is 1.31. The number of aryl methyl sites for hydroxylation is 1. The van der Waals surface area contributed by atoms with Crippen molar-refractivity contribution in [2.45, 2.75) is 12.8 Å². The highest BCUT2D eigenvalue weighted by Crippen LogP contribution is 2.26. The van der Waals surface area contributed by atoms with Crippen molar-refractivity contribution in [3.8, 4) is 17.0 Å². The number of hydrogen-bond donors (Lipinski definition) is 2. The number of nitrogens with one attached hydrogen (secondary N) is 2. The molecule has 0 atom stereocenters. The van der Waals surface area contributed by atoms with E-state index >= 15 is 0 Å². The Labute approximate surface area is 183 Å². The van der Waals surface area contributed by atoms with Gasteiger partial charge in [-0.15, -0.1) is 11.3 Å². The Morgan fingerprint density at radius 2 is 1.94 bits per heavy atom. The highest BCUT2D eigenvalue weighted by atomic mass is 32.1. The molecule has 0 bridgehead atoms. The Bertz CT molecular complexity index is 1200. The molecule has 4 rings (SSSR count). The van der Waals surface area contributed by atoms with Crippen LogP contribution in [0, 0.1) is 0 Å². The summed E-state index contributed by atoms with van der Waals surface area (Å²) in [6, 6.07) is 15.4. The Morgan fingerprint density at radius 1 is 1.13 bits per heavy atom. The molecule has 1 amide bonds. The molecule has 7 nitrogen and oxygen atoms in total. The van der Waals surface area contributed by atoms with Gasteiger partial charge >= 0.3 is 5.97 Å². The largest absolute Gasteiger partial charge is 0.497 e. The van der Waals surface area contributed by atoms with E-state index in [2.05, 4.69) is 15.3 Å². The van der Waals surface area contributed by atoms with Gasteiger partial charge in [0.1, 0.15) is 5.75 Å². The minimum Gasteiger partial charge on any atom is -0.497 e. The number of nitrogens with zero attached hydrogens (tertiary/aromatic N) is 1.